The van der Waals surface area contributed by atoms with E-state index in [0.717, 1.165) is 41.8 Å². The van der Waals surface area contributed by atoms with Crippen LogP contribution in [0.2, 0.25) is 0 Å². The Morgan fingerprint density at radius 3 is 2.25 bits per heavy atom. The third-order valence-corrected chi connectivity index (χ3v) is 9.60. The van der Waals surface area contributed by atoms with Crippen molar-refractivity contribution in [2.24, 2.45) is 11.8 Å². The highest BCUT2D eigenvalue weighted by Gasteiger charge is 2.45. The Balaban J connectivity index is 1.26. The summed E-state index contributed by atoms with van der Waals surface area (Å²) < 4.78 is 2.02. The van der Waals surface area contributed by atoms with E-state index in [-0.39, 0.29) is 17.2 Å². The summed E-state index contributed by atoms with van der Waals surface area (Å²) in [5, 5.41) is 0. The minimum Gasteiger partial charge on any atom is -0.326 e. The topological polar surface area (TPSA) is 83.9 Å². The number of fused-ring (bicyclic) bond motifs is 5. The minimum absolute atomic E-state index is 0.100. The van der Waals surface area contributed by atoms with Gasteiger partial charge in [-0.15, -0.1) is 0 Å². The summed E-state index contributed by atoms with van der Waals surface area (Å²) in [6.45, 7) is 0. The maximum atomic E-state index is 14.0. The molecule has 188 valence electrons. The molecule has 2 aromatic heterocycles. The molecule has 0 amide bonds. The Labute approximate surface area is 211 Å². The lowest BCUT2D eigenvalue weighted by Gasteiger charge is -2.55. The van der Waals surface area contributed by atoms with Crippen LogP contribution in [-0.2, 0) is 0 Å². The van der Waals surface area contributed by atoms with Crippen molar-refractivity contribution in [3.8, 4) is 11.4 Å². The van der Waals surface area contributed by atoms with Crippen molar-refractivity contribution < 1.29 is 0 Å². The highest BCUT2D eigenvalue weighted by molar-refractivity contribution is 5.77. The number of piperidine rings is 2. The third kappa shape index (κ3) is 3.83. The number of nitrogens with zero attached hydrogens (tertiary/aromatic N) is 4. The number of rotatable bonds is 3. The summed E-state index contributed by atoms with van der Waals surface area (Å²) in [7, 11) is 0. The van der Waals surface area contributed by atoms with Crippen LogP contribution in [0.5, 0.6) is 0 Å². The van der Waals surface area contributed by atoms with Gasteiger partial charge in [0, 0.05) is 30.4 Å². The molecule has 2 aliphatic carbocycles. The van der Waals surface area contributed by atoms with Gasteiger partial charge in [0.1, 0.15) is 5.69 Å². The minimum atomic E-state index is -0.285. The van der Waals surface area contributed by atoms with Crippen molar-refractivity contribution in [3.63, 3.8) is 0 Å². The SMILES string of the molecule is O=c1cnc(-c2nc3ccccc3n(C3CC4CCCC(C3)N4C3CC4CCCC(C4)C3)c2=O)c[nH]1. The molecule has 7 heteroatoms. The summed E-state index contributed by atoms with van der Waals surface area (Å²) in [5.74, 6) is 1.86. The van der Waals surface area contributed by atoms with Crippen LogP contribution in [0.3, 0.4) is 0 Å². The molecule has 1 N–H and O–H groups in total. The van der Waals surface area contributed by atoms with E-state index in [0.29, 0.717) is 23.5 Å². The highest BCUT2D eigenvalue weighted by Crippen LogP contribution is 2.47. The third-order valence-electron chi connectivity index (χ3n) is 9.60. The highest BCUT2D eigenvalue weighted by atomic mass is 16.1. The number of aromatic nitrogens is 4. The van der Waals surface area contributed by atoms with Gasteiger partial charge in [0.15, 0.2) is 5.69 Å². The predicted molar refractivity (Wildman–Crippen MR) is 140 cm³/mol. The van der Waals surface area contributed by atoms with E-state index >= 15 is 0 Å². The second kappa shape index (κ2) is 8.94. The van der Waals surface area contributed by atoms with Crippen LogP contribution >= 0.6 is 0 Å². The lowest BCUT2D eigenvalue weighted by atomic mass is 9.68. The molecule has 0 spiro atoms. The van der Waals surface area contributed by atoms with Crippen molar-refractivity contribution in [1.82, 2.24) is 24.4 Å². The van der Waals surface area contributed by atoms with Gasteiger partial charge < -0.3 is 9.55 Å². The fraction of sp³-hybridized carbons (Fsp3) is 0.586. The van der Waals surface area contributed by atoms with Gasteiger partial charge in [-0.05, 0) is 68.9 Å². The molecule has 4 bridgehead atoms. The Morgan fingerprint density at radius 1 is 0.806 bits per heavy atom. The number of nitrogens with one attached hydrogen (secondary N) is 1. The number of para-hydroxylation sites is 2. The molecule has 4 fully saturated rings. The number of hydrogen-bond acceptors (Lipinski definition) is 5. The fourth-order valence-corrected chi connectivity index (χ4v) is 8.29. The van der Waals surface area contributed by atoms with Crippen molar-refractivity contribution in [2.45, 2.75) is 94.8 Å². The van der Waals surface area contributed by atoms with Crippen molar-refractivity contribution in [2.75, 3.05) is 0 Å². The van der Waals surface area contributed by atoms with Gasteiger partial charge in [0.05, 0.1) is 17.2 Å². The smallest absolute Gasteiger partial charge is 0.279 e. The normalized spacial score (nSPS) is 32.4. The van der Waals surface area contributed by atoms with Crippen LogP contribution in [0.1, 0.15) is 76.7 Å². The second-order valence-electron chi connectivity index (χ2n) is 11.8. The summed E-state index contributed by atoms with van der Waals surface area (Å²) in [6, 6.07) is 9.95. The average Bonchev–Trinajstić information content (AvgIpc) is 2.88. The Morgan fingerprint density at radius 2 is 1.53 bits per heavy atom. The van der Waals surface area contributed by atoms with E-state index in [1.165, 1.54) is 70.2 Å². The first kappa shape index (κ1) is 22.4. The molecule has 4 heterocycles. The number of aromatic amines is 1. The van der Waals surface area contributed by atoms with E-state index in [1.807, 2.05) is 28.8 Å². The zero-order valence-electron chi connectivity index (χ0n) is 20.8. The molecule has 7 rings (SSSR count). The molecule has 4 unspecified atom stereocenters. The molecule has 4 aliphatic rings. The van der Waals surface area contributed by atoms with E-state index in [4.69, 9.17) is 4.98 Å². The van der Waals surface area contributed by atoms with Crippen LogP contribution in [0.15, 0.2) is 46.2 Å². The predicted octanol–water partition coefficient (Wildman–Crippen LogP) is 4.67. The van der Waals surface area contributed by atoms with E-state index in [9.17, 15) is 9.59 Å². The monoisotopic (exact) mass is 485 g/mol. The van der Waals surface area contributed by atoms with Crippen LogP contribution in [0.4, 0.5) is 0 Å². The molecular weight excluding hydrogens is 450 g/mol. The Kier molecular flexibility index (Phi) is 5.57. The molecule has 36 heavy (non-hydrogen) atoms. The van der Waals surface area contributed by atoms with Gasteiger partial charge in [-0.1, -0.05) is 37.8 Å². The molecule has 7 nitrogen and oxygen atoms in total. The summed E-state index contributed by atoms with van der Waals surface area (Å²) >= 11 is 0. The van der Waals surface area contributed by atoms with Crippen molar-refractivity contribution in [3.05, 3.63) is 57.4 Å². The maximum Gasteiger partial charge on any atom is 0.279 e. The summed E-state index contributed by atoms with van der Waals surface area (Å²) in [4.78, 5) is 40.0. The number of benzene rings is 1. The number of H-pyrrole nitrogens is 1. The first-order valence-corrected chi connectivity index (χ1v) is 14.0. The van der Waals surface area contributed by atoms with Gasteiger partial charge in [-0.25, -0.2) is 9.97 Å². The molecule has 0 radical (unpaired) electrons. The van der Waals surface area contributed by atoms with Crippen LogP contribution in [0.25, 0.3) is 22.4 Å². The van der Waals surface area contributed by atoms with Gasteiger partial charge in [0.25, 0.3) is 11.1 Å². The maximum absolute atomic E-state index is 14.0. The Bertz CT molecular complexity index is 1350. The van der Waals surface area contributed by atoms with Crippen LogP contribution < -0.4 is 11.1 Å². The van der Waals surface area contributed by atoms with Gasteiger partial charge in [-0.3, -0.25) is 14.5 Å². The lowest BCUT2D eigenvalue weighted by molar-refractivity contribution is -0.0485. The molecule has 2 aliphatic heterocycles. The summed E-state index contributed by atoms with van der Waals surface area (Å²) in [6.07, 6.45) is 17.1. The van der Waals surface area contributed by atoms with Crippen LogP contribution in [-0.4, -0.2) is 42.5 Å². The Hall–Kier alpha value is -2.80. The first-order chi connectivity index (χ1) is 17.6. The van der Waals surface area contributed by atoms with Crippen molar-refractivity contribution >= 4 is 11.0 Å². The van der Waals surface area contributed by atoms with E-state index < -0.39 is 0 Å². The fourth-order valence-electron chi connectivity index (χ4n) is 8.29. The molecular formula is C29H35N5O2. The number of hydrogen-bond donors (Lipinski definition) is 1. The van der Waals surface area contributed by atoms with Crippen molar-refractivity contribution in [1.29, 1.82) is 0 Å². The molecule has 3 aromatic rings. The van der Waals surface area contributed by atoms with E-state index in [1.54, 1.807) is 0 Å². The quantitative estimate of drug-likeness (QED) is 0.583. The second-order valence-corrected chi connectivity index (χ2v) is 11.8. The lowest BCUT2D eigenvalue weighted by Crippen LogP contribution is -2.58. The van der Waals surface area contributed by atoms with Gasteiger partial charge in [-0.2, -0.15) is 0 Å². The summed E-state index contributed by atoms with van der Waals surface area (Å²) in [5.41, 5.74) is 2.05. The van der Waals surface area contributed by atoms with Gasteiger partial charge in [0.2, 0.25) is 0 Å². The molecule has 4 atom stereocenters. The largest absolute Gasteiger partial charge is 0.326 e. The van der Waals surface area contributed by atoms with Gasteiger partial charge >= 0.3 is 0 Å². The zero-order valence-corrected chi connectivity index (χ0v) is 20.8. The zero-order chi connectivity index (χ0) is 24.2. The molecule has 1 aromatic carbocycles. The molecule has 2 saturated carbocycles. The molecule has 2 saturated heterocycles. The average molecular weight is 486 g/mol. The van der Waals surface area contributed by atoms with E-state index in [2.05, 4.69) is 14.9 Å². The first-order valence-electron chi connectivity index (χ1n) is 14.0. The van der Waals surface area contributed by atoms with Crippen LogP contribution in [0, 0.1) is 11.8 Å². The standard InChI is InChI=1S/C29H35N5O2/c35-27-17-30-25(16-31-27)28-29(36)34(26-10-2-1-9-24(26)32-28)23-14-20-7-4-8-21(15-23)33(20)22-12-18-5-3-6-19(11-18)13-22/h1-2,9-10,16-23H,3-8,11-15H2,(H,31,35).